The lowest BCUT2D eigenvalue weighted by molar-refractivity contribution is 0.520. The van der Waals surface area contributed by atoms with E-state index in [0.29, 0.717) is 5.92 Å². The zero-order valence-corrected chi connectivity index (χ0v) is 13.0. The maximum Gasteiger partial charge on any atom is 0.177 e. The summed E-state index contributed by atoms with van der Waals surface area (Å²) in [4.78, 5) is 0. The Morgan fingerprint density at radius 2 is 1.76 bits per heavy atom. The first kappa shape index (κ1) is 15.7. The van der Waals surface area contributed by atoms with Gasteiger partial charge in [0.2, 0.25) is 0 Å². The van der Waals surface area contributed by atoms with Gasteiger partial charge < -0.3 is 0 Å². The molecule has 2 rings (SSSR count). The molecule has 0 amide bonds. The smallest absolute Gasteiger partial charge is 0.177 e. The third-order valence-electron chi connectivity index (χ3n) is 3.96. The van der Waals surface area contributed by atoms with Crippen molar-refractivity contribution in [2.45, 2.75) is 64.2 Å². The molecule has 1 atom stereocenters. The van der Waals surface area contributed by atoms with Crippen LogP contribution in [-0.2, 0) is 6.42 Å². The predicted octanol–water partition coefficient (Wildman–Crippen LogP) is 4.28. The van der Waals surface area contributed by atoms with Gasteiger partial charge in [-0.05, 0) is 18.4 Å². The van der Waals surface area contributed by atoms with E-state index < -0.39 is 0 Å². The zero-order valence-electron chi connectivity index (χ0n) is 13.0. The molecule has 0 saturated carbocycles. The number of hydrogen-bond donors (Lipinski definition) is 1. The highest BCUT2D eigenvalue weighted by Crippen LogP contribution is 2.24. The lowest BCUT2D eigenvalue weighted by Gasteiger charge is -2.13. The largest absolute Gasteiger partial charge is 0.177 e. The van der Waals surface area contributed by atoms with Gasteiger partial charge in [0.25, 0.3) is 0 Å². The highest BCUT2D eigenvalue weighted by atomic mass is 15.5. The number of rotatable bonds is 10. The van der Waals surface area contributed by atoms with Gasteiger partial charge in [0.15, 0.2) is 5.82 Å². The Kier molecular flexibility index (Phi) is 6.92. The Bertz CT molecular complexity index is 467. The lowest BCUT2D eigenvalue weighted by atomic mass is 9.93. The summed E-state index contributed by atoms with van der Waals surface area (Å²) in [5.41, 5.74) is 1.35. The number of tetrazole rings is 1. The van der Waals surface area contributed by atoms with Crippen LogP contribution in [0.25, 0.3) is 0 Å². The van der Waals surface area contributed by atoms with E-state index in [1.165, 1.54) is 44.1 Å². The summed E-state index contributed by atoms with van der Waals surface area (Å²) in [6.45, 7) is 2.26. The van der Waals surface area contributed by atoms with E-state index in [9.17, 15) is 0 Å². The first-order valence-electron chi connectivity index (χ1n) is 8.17. The predicted molar refractivity (Wildman–Crippen MR) is 85.1 cm³/mol. The van der Waals surface area contributed by atoms with Crippen LogP contribution in [0.1, 0.15) is 69.2 Å². The average Bonchev–Trinajstić information content (AvgIpc) is 3.05. The molecule has 114 valence electrons. The molecular weight excluding hydrogens is 260 g/mol. The summed E-state index contributed by atoms with van der Waals surface area (Å²) in [6.07, 6.45) is 10.1. The summed E-state index contributed by atoms with van der Waals surface area (Å²) in [5.74, 6) is 1.23. The van der Waals surface area contributed by atoms with Crippen molar-refractivity contribution in [1.29, 1.82) is 0 Å². The van der Waals surface area contributed by atoms with Crippen LogP contribution >= 0.6 is 0 Å². The molecule has 0 radical (unpaired) electrons. The number of aromatic amines is 1. The van der Waals surface area contributed by atoms with Gasteiger partial charge in [0, 0.05) is 5.92 Å². The molecule has 1 unspecified atom stereocenters. The number of unbranched alkanes of at least 4 members (excludes halogenated alkanes) is 5. The molecule has 1 aromatic carbocycles. The van der Waals surface area contributed by atoms with Gasteiger partial charge in [-0.3, -0.25) is 0 Å². The van der Waals surface area contributed by atoms with Gasteiger partial charge in [0.05, 0.1) is 0 Å². The van der Waals surface area contributed by atoms with Crippen molar-refractivity contribution in [2.75, 3.05) is 0 Å². The fourth-order valence-corrected chi connectivity index (χ4v) is 2.73. The molecule has 1 aromatic heterocycles. The van der Waals surface area contributed by atoms with Crippen molar-refractivity contribution >= 4 is 0 Å². The normalized spacial score (nSPS) is 12.4. The van der Waals surface area contributed by atoms with E-state index in [2.05, 4.69) is 57.9 Å². The Hall–Kier alpha value is -1.71. The highest BCUT2D eigenvalue weighted by molar-refractivity contribution is 5.17. The van der Waals surface area contributed by atoms with Gasteiger partial charge in [-0.15, -0.1) is 10.2 Å². The van der Waals surface area contributed by atoms with Gasteiger partial charge >= 0.3 is 0 Å². The maximum absolute atomic E-state index is 4.19. The van der Waals surface area contributed by atoms with Gasteiger partial charge in [-0.25, -0.2) is 0 Å². The van der Waals surface area contributed by atoms with Crippen LogP contribution in [0, 0.1) is 0 Å². The number of nitrogens with zero attached hydrogens (tertiary/aromatic N) is 3. The van der Waals surface area contributed by atoms with Crippen molar-refractivity contribution < 1.29 is 0 Å². The molecule has 1 heterocycles. The van der Waals surface area contributed by atoms with Crippen LogP contribution in [-0.4, -0.2) is 20.6 Å². The summed E-state index contributed by atoms with van der Waals surface area (Å²) >= 11 is 0. The van der Waals surface area contributed by atoms with E-state index in [0.717, 1.165) is 18.7 Å². The molecule has 21 heavy (non-hydrogen) atoms. The average molecular weight is 286 g/mol. The van der Waals surface area contributed by atoms with Crippen LogP contribution in [0.3, 0.4) is 0 Å². The Labute approximate surface area is 127 Å². The number of H-pyrrole nitrogens is 1. The van der Waals surface area contributed by atoms with Crippen molar-refractivity contribution in [3.63, 3.8) is 0 Å². The summed E-state index contributed by atoms with van der Waals surface area (Å²) in [5, 5.41) is 14.7. The van der Waals surface area contributed by atoms with Gasteiger partial charge in [-0.1, -0.05) is 81.0 Å². The first-order chi connectivity index (χ1) is 10.4. The van der Waals surface area contributed by atoms with E-state index in [-0.39, 0.29) is 0 Å². The van der Waals surface area contributed by atoms with Crippen molar-refractivity contribution in [3.8, 4) is 0 Å². The molecule has 4 nitrogen and oxygen atoms in total. The second kappa shape index (κ2) is 9.27. The minimum absolute atomic E-state index is 0.373. The zero-order chi connectivity index (χ0) is 14.8. The molecule has 1 N–H and O–H groups in total. The Morgan fingerprint density at radius 1 is 1.00 bits per heavy atom. The van der Waals surface area contributed by atoms with Crippen molar-refractivity contribution in [2.24, 2.45) is 0 Å². The quantitative estimate of drug-likeness (QED) is 0.663. The first-order valence-corrected chi connectivity index (χ1v) is 8.17. The number of benzene rings is 1. The topological polar surface area (TPSA) is 54.5 Å². The fraction of sp³-hybridized carbons (Fsp3) is 0.588. The lowest BCUT2D eigenvalue weighted by Crippen LogP contribution is -2.06. The molecule has 0 saturated heterocycles. The third-order valence-corrected chi connectivity index (χ3v) is 3.96. The summed E-state index contributed by atoms with van der Waals surface area (Å²) < 4.78 is 0. The molecule has 0 spiro atoms. The molecular formula is C17H26N4. The van der Waals surface area contributed by atoms with Gasteiger partial charge in [0.1, 0.15) is 0 Å². The Morgan fingerprint density at radius 3 is 2.48 bits per heavy atom. The molecule has 0 bridgehead atoms. The molecule has 0 aliphatic carbocycles. The standard InChI is InChI=1S/C17H26N4/c1-2-3-4-5-6-10-13-16(17-18-20-21-19-17)14-15-11-8-7-9-12-15/h7-9,11-12,16H,2-6,10,13-14H2,1H3,(H,18,19,20,21). The molecule has 0 fully saturated rings. The fourth-order valence-electron chi connectivity index (χ4n) is 2.73. The monoisotopic (exact) mass is 286 g/mol. The van der Waals surface area contributed by atoms with Crippen molar-refractivity contribution in [3.05, 3.63) is 41.7 Å². The van der Waals surface area contributed by atoms with Crippen LogP contribution in [0.2, 0.25) is 0 Å². The van der Waals surface area contributed by atoms with Crippen LogP contribution in [0.15, 0.2) is 30.3 Å². The molecule has 2 aromatic rings. The Balaban J connectivity index is 1.82. The maximum atomic E-state index is 4.19. The van der Waals surface area contributed by atoms with E-state index in [4.69, 9.17) is 0 Å². The number of hydrogen-bond acceptors (Lipinski definition) is 3. The molecule has 4 heteroatoms. The van der Waals surface area contributed by atoms with E-state index in [1.54, 1.807) is 0 Å². The van der Waals surface area contributed by atoms with Gasteiger partial charge in [-0.2, -0.15) is 5.21 Å². The van der Waals surface area contributed by atoms with Crippen LogP contribution in [0.4, 0.5) is 0 Å². The minimum Gasteiger partial charge on any atom is -0.177 e. The second-order valence-electron chi connectivity index (χ2n) is 5.71. The van der Waals surface area contributed by atoms with E-state index >= 15 is 0 Å². The number of aromatic nitrogens is 4. The molecule has 0 aliphatic heterocycles. The molecule has 0 aliphatic rings. The minimum atomic E-state index is 0.373. The van der Waals surface area contributed by atoms with E-state index in [1.807, 2.05) is 0 Å². The second-order valence-corrected chi connectivity index (χ2v) is 5.71. The SMILES string of the molecule is CCCCCCCCC(Cc1ccccc1)c1nn[nH]n1. The summed E-state index contributed by atoms with van der Waals surface area (Å²) in [7, 11) is 0. The third kappa shape index (κ3) is 5.66. The van der Waals surface area contributed by atoms with Crippen LogP contribution in [0.5, 0.6) is 0 Å². The van der Waals surface area contributed by atoms with Crippen LogP contribution < -0.4 is 0 Å². The van der Waals surface area contributed by atoms with Crippen molar-refractivity contribution in [1.82, 2.24) is 20.6 Å². The number of nitrogens with one attached hydrogen (secondary N) is 1. The summed E-state index contributed by atoms with van der Waals surface area (Å²) in [6, 6.07) is 10.6. The highest BCUT2D eigenvalue weighted by Gasteiger charge is 2.16.